The van der Waals surface area contributed by atoms with Crippen LogP contribution in [-0.2, 0) is 0 Å². The maximum absolute atomic E-state index is 3.40. The van der Waals surface area contributed by atoms with E-state index in [2.05, 4.69) is 47.3 Å². The fourth-order valence-electron chi connectivity index (χ4n) is 1.57. The molecule has 0 radical (unpaired) electrons. The molecule has 0 bridgehead atoms. The quantitative estimate of drug-likeness (QED) is 0.189. The molecule has 0 aromatic carbocycles. The molecule has 0 spiro atoms. The molecule has 140 valence electrons. The second-order valence-electron chi connectivity index (χ2n) is 4.29. The maximum Gasteiger partial charge on any atom is 0.0135 e. The fraction of sp³-hybridized carbons (Fsp3) is 0.857. The molecule has 0 aliphatic rings. The van der Waals surface area contributed by atoms with Gasteiger partial charge in [0.05, 0.1) is 0 Å². The Kier molecular flexibility index (Phi) is 53.7. The molecule has 0 fully saturated rings. The van der Waals surface area contributed by atoms with Crippen molar-refractivity contribution < 1.29 is 0 Å². The van der Waals surface area contributed by atoms with E-state index in [4.69, 9.17) is 0 Å². The monoisotopic (exact) mass is 576 g/mol. The lowest BCUT2D eigenvalue weighted by atomic mass is 10.4. The van der Waals surface area contributed by atoms with Crippen LogP contribution in [0, 0.1) is 0 Å². The van der Waals surface area contributed by atoms with E-state index in [1.165, 1.54) is 12.8 Å². The zero-order valence-corrected chi connectivity index (χ0v) is 20.7. The number of halogens is 4. The van der Waals surface area contributed by atoms with E-state index in [0.29, 0.717) is 0 Å². The van der Waals surface area contributed by atoms with E-state index >= 15 is 0 Å². The first-order valence-corrected chi connectivity index (χ1v) is 7.39. The minimum Gasteiger partial charge on any atom is -0.317 e. The van der Waals surface area contributed by atoms with Gasteiger partial charge in [-0.15, -0.1) is 67.9 Å². The summed E-state index contributed by atoms with van der Waals surface area (Å²) in [6.07, 6.45) is 6.80. The van der Waals surface area contributed by atoms with Gasteiger partial charge in [0, 0.05) is 13.1 Å². The van der Waals surface area contributed by atoms with Gasteiger partial charge in [-0.2, -0.15) is 0 Å². The van der Waals surface area contributed by atoms with Crippen LogP contribution >= 0.6 is 67.9 Å². The summed E-state index contributed by atoms with van der Waals surface area (Å²) in [4.78, 5) is 0. The Morgan fingerprint density at radius 2 is 0.864 bits per heavy atom. The van der Waals surface area contributed by atoms with E-state index in [0.717, 1.165) is 52.4 Å². The summed E-state index contributed by atoms with van der Waals surface area (Å²) in [5, 5.41) is 13.4. The molecule has 0 aromatic heterocycles. The molecular weight excluding hydrogens is 544 g/mol. The molecule has 4 nitrogen and oxygen atoms in total. The van der Waals surface area contributed by atoms with Gasteiger partial charge in [-0.05, 0) is 52.1 Å². The van der Waals surface area contributed by atoms with Crippen LogP contribution < -0.4 is 21.3 Å². The van der Waals surface area contributed by atoms with Crippen LogP contribution in [-0.4, -0.2) is 52.4 Å². The van der Waals surface area contributed by atoms with Gasteiger partial charge in [-0.1, -0.05) is 26.0 Å². The molecule has 0 heterocycles. The summed E-state index contributed by atoms with van der Waals surface area (Å²) in [6.45, 7) is 12.8. The van der Waals surface area contributed by atoms with Crippen molar-refractivity contribution in [2.45, 2.75) is 26.7 Å². The highest BCUT2D eigenvalue weighted by atomic mass is 79.9. The van der Waals surface area contributed by atoms with Crippen molar-refractivity contribution in [1.29, 1.82) is 0 Å². The van der Waals surface area contributed by atoms with Crippen LogP contribution in [0.2, 0.25) is 0 Å². The van der Waals surface area contributed by atoms with Crippen molar-refractivity contribution in [3.63, 3.8) is 0 Å². The summed E-state index contributed by atoms with van der Waals surface area (Å²) < 4.78 is 0. The van der Waals surface area contributed by atoms with Crippen molar-refractivity contribution in [2.24, 2.45) is 0 Å². The minimum atomic E-state index is 0. The predicted molar refractivity (Wildman–Crippen MR) is 122 cm³/mol. The normalized spacial score (nSPS) is 9.36. The molecule has 4 N–H and O–H groups in total. The van der Waals surface area contributed by atoms with Crippen molar-refractivity contribution >= 4 is 67.9 Å². The summed E-state index contributed by atoms with van der Waals surface area (Å²) in [6, 6.07) is 0. The molecule has 0 saturated carbocycles. The third-order valence-corrected chi connectivity index (χ3v) is 2.61. The van der Waals surface area contributed by atoms with Gasteiger partial charge >= 0.3 is 0 Å². The number of hydrogen-bond acceptors (Lipinski definition) is 4. The lowest BCUT2D eigenvalue weighted by Crippen LogP contribution is -2.22. The van der Waals surface area contributed by atoms with Gasteiger partial charge in [-0.25, -0.2) is 0 Å². The lowest BCUT2D eigenvalue weighted by molar-refractivity contribution is 0.624. The Bertz CT molecular complexity index is 168. The molecule has 0 aliphatic carbocycles. The average Bonchev–Trinajstić information content (AvgIpc) is 2.39. The molecule has 0 amide bonds. The van der Waals surface area contributed by atoms with Gasteiger partial charge in [0.25, 0.3) is 0 Å². The Morgan fingerprint density at radius 3 is 1.18 bits per heavy atom. The highest BCUT2D eigenvalue weighted by Crippen LogP contribution is 1.76. The van der Waals surface area contributed by atoms with Crippen molar-refractivity contribution in [1.82, 2.24) is 21.3 Å². The summed E-state index contributed by atoms with van der Waals surface area (Å²) in [5.74, 6) is 0. The Labute approximate surface area is 179 Å². The largest absolute Gasteiger partial charge is 0.317 e. The average molecular weight is 580 g/mol. The third kappa shape index (κ3) is 33.2. The maximum atomic E-state index is 3.40. The molecule has 0 aliphatic heterocycles. The highest BCUT2D eigenvalue weighted by Gasteiger charge is 1.86. The lowest BCUT2D eigenvalue weighted by Gasteiger charge is -2.03. The van der Waals surface area contributed by atoms with Gasteiger partial charge in [0.2, 0.25) is 0 Å². The topological polar surface area (TPSA) is 48.1 Å². The molecule has 0 atom stereocenters. The van der Waals surface area contributed by atoms with Gasteiger partial charge in [-0.3, -0.25) is 0 Å². The first-order valence-electron chi connectivity index (χ1n) is 7.39. The Balaban J connectivity index is -0.000000241. The number of rotatable bonds is 14. The van der Waals surface area contributed by atoms with Crippen molar-refractivity contribution in [3.05, 3.63) is 12.2 Å². The molecule has 0 rings (SSSR count). The molecule has 0 aromatic rings. The molecular formula is C14H36Br4N4. The molecule has 8 heteroatoms. The molecule has 22 heavy (non-hydrogen) atoms. The van der Waals surface area contributed by atoms with Crippen LogP contribution in [0.3, 0.4) is 0 Å². The van der Waals surface area contributed by atoms with Gasteiger partial charge < -0.3 is 21.3 Å². The summed E-state index contributed by atoms with van der Waals surface area (Å²) in [5.41, 5.74) is 0. The van der Waals surface area contributed by atoms with Crippen molar-refractivity contribution in [2.75, 3.05) is 52.4 Å². The van der Waals surface area contributed by atoms with Gasteiger partial charge in [0.1, 0.15) is 0 Å². The SMILES string of the molecule is Br.Br.Br.Br.CCNCCCNCC=CCNCCCNCC. The second-order valence-corrected chi connectivity index (χ2v) is 4.29. The van der Waals surface area contributed by atoms with E-state index in [-0.39, 0.29) is 67.9 Å². The van der Waals surface area contributed by atoms with Crippen LogP contribution in [0.5, 0.6) is 0 Å². The van der Waals surface area contributed by atoms with Gasteiger partial charge in [0.15, 0.2) is 0 Å². The Morgan fingerprint density at radius 1 is 0.545 bits per heavy atom. The zero-order valence-electron chi connectivity index (χ0n) is 13.9. The predicted octanol–water partition coefficient (Wildman–Crippen LogP) is 3.03. The van der Waals surface area contributed by atoms with Crippen LogP contribution in [0.4, 0.5) is 0 Å². The first kappa shape index (κ1) is 34.8. The summed E-state index contributed by atoms with van der Waals surface area (Å²) in [7, 11) is 0. The molecule has 0 unspecified atom stereocenters. The van der Waals surface area contributed by atoms with E-state index in [9.17, 15) is 0 Å². The number of nitrogens with one attached hydrogen (secondary N) is 4. The van der Waals surface area contributed by atoms with Crippen LogP contribution in [0.1, 0.15) is 26.7 Å². The third-order valence-electron chi connectivity index (χ3n) is 2.61. The smallest absolute Gasteiger partial charge is 0.0135 e. The standard InChI is InChI=1S/C14H32N4.4BrH/c1-3-15-11-7-13-17-9-5-6-10-18-14-8-12-16-4-2;;;;/h5-6,15-18H,3-4,7-14H2,1-2H3;4*1H. The highest BCUT2D eigenvalue weighted by molar-refractivity contribution is 8.93. The Hall–Kier alpha value is 1.50. The van der Waals surface area contributed by atoms with Crippen molar-refractivity contribution in [3.8, 4) is 0 Å². The first-order chi connectivity index (χ1) is 8.91. The van der Waals surface area contributed by atoms with E-state index in [1.807, 2.05) is 0 Å². The van der Waals surface area contributed by atoms with E-state index in [1.54, 1.807) is 0 Å². The fourth-order valence-corrected chi connectivity index (χ4v) is 1.57. The zero-order chi connectivity index (χ0) is 13.3. The minimum absolute atomic E-state index is 0. The summed E-state index contributed by atoms with van der Waals surface area (Å²) >= 11 is 0. The van der Waals surface area contributed by atoms with E-state index < -0.39 is 0 Å². The second kappa shape index (κ2) is 34.0. The molecule has 0 saturated heterocycles. The van der Waals surface area contributed by atoms with Crippen LogP contribution in [0.15, 0.2) is 12.2 Å². The number of hydrogen-bond donors (Lipinski definition) is 4. The van der Waals surface area contributed by atoms with Crippen LogP contribution in [0.25, 0.3) is 0 Å².